The molecule has 7 nitrogen and oxygen atoms in total. The van der Waals surface area contributed by atoms with Gasteiger partial charge in [-0.15, -0.1) is 0 Å². The molecular weight excluding hydrogens is 406 g/mol. The summed E-state index contributed by atoms with van der Waals surface area (Å²) >= 11 is 0. The summed E-state index contributed by atoms with van der Waals surface area (Å²) in [5, 5.41) is 5.58. The number of hydrogen-bond donors (Lipinski definition) is 2. The quantitative estimate of drug-likeness (QED) is 0.589. The number of carbonyl (C=O) groups is 4. The topological polar surface area (TPSA) is 95.6 Å². The highest BCUT2D eigenvalue weighted by atomic mass is 16.2. The number of nitrogens with one attached hydrogen (secondary N) is 2. The van der Waals surface area contributed by atoms with Crippen molar-refractivity contribution in [1.82, 2.24) is 5.32 Å². The van der Waals surface area contributed by atoms with E-state index in [1.807, 2.05) is 12.1 Å². The minimum absolute atomic E-state index is 0.158. The van der Waals surface area contributed by atoms with Crippen LogP contribution in [-0.4, -0.2) is 23.6 Å². The van der Waals surface area contributed by atoms with Gasteiger partial charge in [0.25, 0.3) is 11.8 Å². The maximum Gasteiger partial charge on any atom is 0.252 e. The molecule has 160 valence electrons. The number of amides is 4. The Labute approximate surface area is 185 Å². The van der Waals surface area contributed by atoms with Gasteiger partial charge >= 0.3 is 0 Å². The lowest BCUT2D eigenvalue weighted by atomic mass is 10.0. The number of nitrogens with zero attached hydrogens (tertiary/aromatic N) is 1. The SMILES string of the molecule is O=C(NC(C(=O)Nc1ccccc1)c1ccccc1)c1cccc(N2C(=O)CCC2=O)c1. The molecule has 0 radical (unpaired) electrons. The molecule has 0 spiro atoms. The molecule has 32 heavy (non-hydrogen) atoms. The Hall–Kier alpha value is -4.26. The molecule has 0 aromatic heterocycles. The summed E-state index contributed by atoms with van der Waals surface area (Å²) in [6, 6.07) is 23.2. The van der Waals surface area contributed by atoms with Gasteiger partial charge in [-0.25, -0.2) is 0 Å². The second kappa shape index (κ2) is 9.26. The molecule has 1 fully saturated rings. The highest BCUT2D eigenvalue weighted by Gasteiger charge is 2.31. The van der Waals surface area contributed by atoms with Crippen molar-refractivity contribution in [3.05, 3.63) is 96.1 Å². The summed E-state index contributed by atoms with van der Waals surface area (Å²) in [4.78, 5) is 51.2. The lowest BCUT2D eigenvalue weighted by Gasteiger charge is -2.20. The predicted molar refractivity (Wildman–Crippen MR) is 120 cm³/mol. The summed E-state index contributed by atoms with van der Waals surface area (Å²) in [5.74, 6) is -1.48. The van der Waals surface area contributed by atoms with E-state index in [9.17, 15) is 19.2 Å². The maximum absolute atomic E-state index is 13.0. The molecule has 4 rings (SSSR count). The van der Waals surface area contributed by atoms with Crippen molar-refractivity contribution in [2.45, 2.75) is 18.9 Å². The second-order valence-electron chi connectivity index (χ2n) is 7.35. The molecule has 1 aliphatic heterocycles. The molecule has 0 saturated carbocycles. The Morgan fingerprint density at radius 2 is 1.41 bits per heavy atom. The molecule has 4 amide bonds. The van der Waals surface area contributed by atoms with E-state index in [-0.39, 0.29) is 30.2 Å². The van der Waals surface area contributed by atoms with Crippen LogP contribution in [0, 0.1) is 0 Å². The van der Waals surface area contributed by atoms with Gasteiger partial charge in [-0.1, -0.05) is 54.6 Å². The van der Waals surface area contributed by atoms with Crippen molar-refractivity contribution in [2.75, 3.05) is 10.2 Å². The van der Waals surface area contributed by atoms with Crippen LogP contribution < -0.4 is 15.5 Å². The number of benzene rings is 3. The smallest absolute Gasteiger partial charge is 0.252 e. The molecule has 1 unspecified atom stereocenters. The summed E-state index contributed by atoms with van der Waals surface area (Å²) < 4.78 is 0. The van der Waals surface area contributed by atoms with Crippen LogP contribution in [0.25, 0.3) is 0 Å². The van der Waals surface area contributed by atoms with Crippen LogP contribution in [0.15, 0.2) is 84.9 Å². The first-order valence-electron chi connectivity index (χ1n) is 10.2. The summed E-state index contributed by atoms with van der Waals surface area (Å²) in [6.07, 6.45) is 0.315. The van der Waals surface area contributed by atoms with E-state index >= 15 is 0 Å². The van der Waals surface area contributed by atoms with E-state index in [0.29, 0.717) is 16.9 Å². The Bertz CT molecular complexity index is 1150. The van der Waals surface area contributed by atoms with Crippen molar-refractivity contribution in [3.8, 4) is 0 Å². The number of para-hydroxylation sites is 1. The van der Waals surface area contributed by atoms with Crippen molar-refractivity contribution in [3.63, 3.8) is 0 Å². The molecular formula is C25H21N3O4. The van der Waals surface area contributed by atoms with Crippen LogP contribution >= 0.6 is 0 Å². The van der Waals surface area contributed by atoms with Crippen LogP contribution in [-0.2, 0) is 14.4 Å². The number of carbonyl (C=O) groups excluding carboxylic acids is 4. The lowest BCUT2D eigenvalue weighted by molar-refractivity contribution is -0.121. The van der Waals surface area contributed by atoms with E-state index < -0.39 is 17.9 Å². The second-order valence-corrected chi connectivity index (χ2v) is 7.35. The van der Waals surface area contributed by atoms with Crippen molar-refractivity contribution in [2.24, 2.45) is 0 Å². The monoisotopic (exact) mass is 427 g/mol. The van der Waals surface area contributed by atoms with Gasteiger partial charge in [0.15, 0.2) is 0 Å². The van der Waals surface area contributed by atoms with E-state index in [1.54, 1.807) is 66.7 Å². The maximum atomic E-state index is 13.0. The third kappa shape index (κ3) is 4.57. The molecule has 0 aliphatic carbocycles. The van der Waals surface area contributed by atoms with Gasteiger partial charge < -0.3 is 10.6 Å². The van der Waals surface area contributed by atoms with Gasteiger partial charge in [0.05, 0.1) is 5.69 Å². The molecule has 0 bridgehead atoms. The number of hydrogen-bond acceptors (Lipinski definition) is 4. The highest BCUT2D eigenvalue weighted by molar-refractivity contribution is 6.20. The fourth-order valence-corrected chi connectivity index (χ4v) is 3.55. The van der Waals surface area contributed by atoms with E-state index in [2.05, 4.69) is 10.6 Å². The first-order valence-corrected chi connectivity index (χ1v) is 10.2. The largest absolute Gasteiger partial charge is 0.336 e. The molecule has 1 atom stereocenters. The first-order chi connectivity index (χ1) is 15.5. The van der Waals surface area contributed by atoms with Crippen LogP contribution in [0.2, 0.25) is 0 Å². The Morgan fingerprint density at radius 1 is 0.781 bits per heavy atom. The van der Waals surface area contributed by atoms with Gasteiger partial charge in [-0.2, -0.15) is 0 Å². The Balaban J connectivity index is 1.58. The van der Waals surface area contributed by atoms with Crippen molar-refractivity contribution in [1.29, 1.82) is 0 Å². The third-order valence-corrected chi connectivity index (χ3v) is 5.13. The zero-order chi connectivity index (χ0) is 22.5. The Kier molecular flexibility index (Phi) is 6.07. The van der Waals surface area contributed by atoms with Gasteiger partial charge in [0.2, 0.25) is 11.8 Å². The Morgan fingerprint density at radius 3 is 2.06 bits per heavy atom. The molecule has 2 N–H and O–H groups in total. The molecule has 1 aliphatic rings. The minimum atomic E-state index is -0.942. The van der Waals surface area contributed by atoms with Crippen LogP contribution in [0.1, 0.15) is 34.8 Å². The summed E-state index contributed by atoms with van der Waals surface area (Å²) in [7, 11) is 0. The summed E-state index contributed by atoms with van der Waals surface area (Å²) in [6.45, 7) is 0. The normalized spacial score (nSPS) is 14.2. The fourth-order valence-electron chi connectivity index (χ4n) is 3.55. The van der Waals surface area contributed by atoms with Gasteiger partial charge in [0.1, 0.15) is 6.04 Å². The molecule has 1 heterocycles. The predicted octanol–water partition coefficient (Wildman–Crippen LogP) is 3.45. The fraction of sp³-hybridized carbons (Fsp3) is 0.120. The number of rotatable bonds is 6. The molecule has 3 aromatic rings. The van der Waals surface area contributed by atoms with Crippen LogP contribution in [0.4, 0.5) is 11.4 Å². The van der Waals surface area contributed by atoms with E-state index in [1.165, 1.54) is 6.07 Å². The minimum Gasteiger partial charge on any atom is -0.336 e. The van der Waals surface area contributed by atoms with Crippen LogP contribution in [0.3, 0.4) is 0 Å². The van der Waals surface area contributed by atoms with Gasteiger partial charge in [0, 0.05) is 24.1 Å². The zero-order valence-corrected chi connectivity index (χ0v) is 17.2. The van der Waals surface area contributed by atoms with Crippen molar-refractivity contribution < 1.29 is 19.2 Å². The molecule has 3 aromatic carbocycles. The highest BCUT2D eigenvalue weighted by Crippen LogP contribution is 2.24. The first kappa shape index (κ1) is 21.0. The standard InChI is InChI=1S/C25H21N3O4/c29-21-14-15-22(30)28(21)20-13-7-10-18(16-20)24(31)27-23(17-8-3-1-4-9-17)25(32)26-19-11-5-2-6-12-19/h1-13,16,23H,14-15H2,(H,26,32)(H,27,31). The summed E-state index contributed by atoms with van der Waals surface area (Å²) in [5.41, 5.74) is 1.81. The van der Waals surface area contributed by atoms with Gasteiger partial charge in [-0.05, 0) is 35.9 Å². The van der Waals surface area contributed by atoms with Crippen LogP contribution in [0.5, 0.6) is 0 Å². The van der Waals surface area contributed by atoms with Crippen molar-refractivity contribution >= 4 is 35.0 Å². The number of anilines is 2. The third-order valence-electron chi connectivity index (χ3n) is 5.13. The average Bonchev–Trinajstić information content (AvgIpc) is 3.16. The van der Waals surface area contributed by atoms with Gasteiger partial charge in [-0.3, -0.25) is 24.1 Å². The number of imide groups is 1. The molecule has 7 heteroatoms. The molecule has 1 saturated heterocycles. The van der Waals surface area contributed by atoms with E-state index in [4.69, 9.17) is 0 Å². The average molecular weight is 427 g/mol. The zero-order valence-electron chi connectivity index (χ0n) is 17.2. The van der Waals surface area contributed by atoms with E-state index in [0.717, 1.165) is 4.90 Å². The lowest BCUT2D eigenvalue weighted by Crippen LogP contribution is -2.37.